The number of carbonyl (C=O) groups excluding carboxylic acids is 3. The quantitative estimate of drug-likeness (QED) is 0.768. The van der Waals surface area contributed by atoms with Gasteiger partial charge in [-0.3, -0.25) is 14.5 Å². The Morgan fingerprint density at radius 3 is 2.70 bits per heavy atom. The van der Waals surface area contributed by atoms with Gasteiger partial charge in [0.05, 0.1) is 5.02 Å². The summed E-state index contributed by atoms with van der Waals surface area (Å²) in [6, 6.07) is 3.20. The van der Waals surface area contributed by atoms with Gasteiger partial charge in [0.15, 0.2) is 0 Å². The maximum atomic E-state index is 13.2. The molecule has 8 heteroatoms. The van der Waals surface area contributed by atoms with Crippen molar-refractivity contribution in [3.63, 3.8) is 0 Å². The van der Waals surface area contributed by atoms with E-state index in [-0.39, 0.29) is 22.3 Å². The highest BCUT2D eigenvalue weighted by Gasteiger charge is 2.56. The lowest BCUT2D eigenvalue weighted by Gasteiger charge is -2.43. The topological polar surface area (TPSA) is 78.5 Å². The number of hydrogen-bond donors (Lipinski definition) is 2. The van der Waals surface area contributed by atoms with Crippen LogP contribution in [0.15, 0.2) is 18.2 Å². The lowest BCUT2D eigenvalue weighted by molar-refractivity contribution is -0.136. The number of anilines is 1. The largest absolute Gasteiger partial charge is 0.325 e. The average molecular weight is 396 g/mol. The van der Waals surface area contributed by atoms with Crippen LogP contribution in [-0.2, 0) is 9.59 Å². The van der Waals surface area contributed by atoms with Crippen LogP contribution in [0, 0.1) is 17.2 Å². The Hall–Kier alpha value is -2.15. The molecule has 2 aliphatic rings. The first-order valence-corrected chi connectivity index (χ1v) is 9.28. The standard InChI is InChI=1S/C19H23ClFN3O3/c1-11-7-18(2,3)10-19(8-11)16(26)24(17(27)23-19)9-15(25)22-12-4-5-14(21)13(20)6-12/h4-6,11H,7-10H2,1-3H3,(H,22,25)(H,23,27). The summed E-state index contributed by atoms with van der Waals surface area (Å²) in [7, 11) is 0. The Kier molecular flexibility index (Phi) is 4.93. The lowest BCUT2D eigenvalue weighted by atomic mass is 9.64. The monoisotopic (exact) mass is 395 g/mol. The van der Waals surface area contributed by atoms with Crippen molar-refractivity contribution in [2.45, 2.75) is 45.6 Å². The molecule has 4 amide bonds. The minimum absolute atomic E-state index is 0.0796. The zero-order valence-electron chi connectivity index (χ0n) is 15.6. The molecule has 1 spiro atoms. The fraction of sp³-hybridized carbons (Fsp3) is 0.526. The molecule has 0 bridgehead atoms. The molecule has 1 aliphatic carbocycles. The highest BCUT2D eigenvalue weighted by Crippen LogP contribution is 2.46. The Balaban J connectivity index is 1.72. The molecule has 2 N–H and O–H groups in total. The number of nitrogens with one attached hydrogen (secondary N) is 2. The first-order chi connectivity index (χ1) is 12.5. The smallest absolute Gasteiger partial charge is 0.324 e. The summed E-state index contributed by atoms with van der Waals surface area (Å²) in [5.74, 6) is -1.23. The van der Waals surface area contributed by atoms with Crippen molar-refractivity contribution in [3.8, 4) is 0 Å². The Morgan fingerprint density at radius 1 is 1.37 bits per heavy atom. The number of urea groups is 1. The molecule has 1 heterocycles. The molecule has 3 rings (SSSR count). The number of benzene rings is 1. The van der Waals surface area contributed by atoms with E-state index in [1.54, 1.807) is 0 Å². The van der Waals surface area contributed by atoms with Gasteiger partial charge in [-0.2, -0.15) is 0 Å². The third kappa shape index (κ3) is 3.93. The van der Waals surface area contributed by atoms with E-state index in [1.165, 1.54) is 12.1 Å². The number of rotatable bonds is 3. The summed E-state index contributed by atoms with van der Waals surface area (Å²) >= 11 is 5.70. The van der Waals surface area contributed by atoms with E-state index in [0.29, 0.717) is 18.5 Å². The average Bonchev–Trinajstić information content (AvgIpc) is 2.72. The summed E-state index contributed by atoms with van der Waals surface area (Å²) in [5, 5.41) is 5.23. The van der Waals surface area contributed by atoms with Gasteiger partial charge in [-0.15, -0.1) is 0 Å². The van der Waals surface area contributed by atoms with Crippen molar-refractivity contribution in [1.29, 1.82) is 0 Å². The fourth-order valence-electron chi connectivity index (χ4n) is 4.57. The van der Waals surface area contributed by atoms with Gasteiger partial charge in [-0.25, -0.2) is 9.18 Å². The minimum Gasteiger partial charge on any atom is -0.324 e. The van der Waals surface area contributed by atoms with Crippen LogP contribution in [-0.4, -0.2) is 34.8 Å². The normalized spacial score (nSPS) is 27.0. The van der Waals surface area contributed by atoms with Gasteiger partial charge >= 0.3 is 6.03 Å². The number of imide groups is 1. The van der Waals surface area contributed by atoms with Gasteiger partial charge in [0.25, 0.3) is 5.91 Å². The van der Waals surface area contributed by atoms with Crippen molar-refractivity contribution >= 4 is 35.1 Å². The SMILES string of the molecule is CC1CC(C)(C)CC2(C1)NC(=O)N(CC(=O)Nc1ccc(F)c(Cl)c1)C2=O. The van der Waals surface area contributed by atoms with Crippen LogP contribution >= 0.6 is 11.6 Å². The molecular formula is C19H23ClFN3O3. The molecule has 6 nitrogen and oxygen atoms in total. The van der Waals surface area contributed by atoms with Crippen LogP contribution < -0.4 is 10.6 Å². The molecule has 0 radical (unpaired) electrons. The Bertz CT molecular complexity index is 813. The van der Waals surface area contributed by atoms with E-state index in [0.717, 1.165) is 17.4 Å². The van der Waals surface area contributed by atoms with E-state index >= 15 is 0 Å². The van der Waals surface area contributed by atoms with E-state index in [1.807, 2.05) is 0 Å². The molecule has 2 fully saturated rings. The van der Waals surface area contributed by atoms with Crippen molar-refractivity contribution in [3.05, 3.63) is 29.0 Å². The van der Waals surface area contributed by atoms with Crippen LogP contribution in [0.1, 0.15) is 40.0 Å². The maximum absolute atomic E-state index is 13.2. The van der Waals surface area contributed by atoms with Gasteiger partial charge in [0.1, 0.15) is 17.9 Å². The molecule has 1 saturated heterocycles. The van der Waals surface area contributed by atoms with Gasteiger partial charge < -0.3 is 10.6 Å². The van der Waals surface area contributed by atoms with Crippen LogP contribution in [0.3, 0.4) is 0 Å². The minimum atomic E-state index is -0.947. The Labute approximate surface area is 162 Å². The number of halogens is 2. The highest BCUT2D eigenvalue weighted by molar-refractivity contribution is 6.31. The molecule has 1 aromatic rings. The summed E-state index contributed by atoms with van der Waals surface area (Å²) in [5.41, 5.74) is -0.734. The summed E-state index contributed by atoms with van der Waals surface area (Å²) in [6.07, 6.45) is 2.08. The molecular weight excluding hydrogens is 373 g/mol. The predicted molar refractivity (Wildman–Crippen MR) is 99.8 cm³/mol. The Morgan fingerprint density at radius 2 is 2.07 bits per heavy atom. The summed E-state index contributed by atoms with van der Waals surface area (Å²) < 4.78 is 13.2. The summed E-state index contributed by atoms with van der Waals surface area (Å²) in [4.78, 5) is 38.7. The molecule has 1 saturated carbocycles. The zero-order chi connectivity index (χ0) is 20.0. The van der Waals surface area contributed by atoms with E-state index in [4.69, 9.17) is 11.6 Å². The molecule has 2 unspecified atom stereocenters. The number of carbonyl (C=O) groups is 3. The van der Waals surface area contributed by atoms with Gasteiger partial charge in [0.2, 0.25) is 5.91 Å². The second-order valence-electron chi connectivity index (χ2n) is 8.44. The fourth-order valence-corrected chi connectivity index (χ4v) is 4.75. The lowest BCUT2D eigenvalue weighted by Crippen LogP contribution is -2.54. The van der Waals surface area contributed by atoms with Gasteiger partial charge in [0, 0.05) is 5.69 Å². The summed E-state index contributed by atoms with van der Waals surface area (Å²) in [6.45, 7) is 5.82. The number of hydrogen-bond acceptors (Lipinski definition) is 3. The molecule has 0 aromatic heterocycles. The molecule has 2 atom stereocenters. The van der Waals surface area contributed by atoms with Crippen LogP contribution in [0.25, 0.3) is 0 Å². The number of nitrogens with zero attached hydrogens (tertiary/aromatic N) is 1. The van der Waals surface area contributed by atoms with Crippen molar-refractivity contribution in [2.75, 3.05) is 11.9 Å². The molecule has 27 heavy (non-hydrogen) atoms. The predicted octanol–water partition coefficient (Wildman–Crippen LogP) is 3.55. The highest BCUT2D eigenvalue weighted by atomic mass is 35.5. The molecule has 1 aromatic carbocycles. The van der Waals surface area contributed by atoms with E-state index in [2.05, 4.69) is 31.4 Å². The zero-order valence-corrected chi connectivity index (χ0v) is 16.3. The van der Waals surface area contributed by atoms with E-state index < -0.39 is 29.8 Å². The maximum Gasteiger partial charge on any atom is 0.325 e. The second kappa shape index (κ2) is 6.78. The first kappa shape index (κ1) is 19.6. The van der Waals surface area contributed by atoms with Crippen molar-refractivity contribution in [1.82, 2.24) is 10.2 Å². The molecule has 1 aliphatic heterocycles. The van der Waals surface area contributed by atoms with Crippen LogP contribution in [0.2, 0.25) is 5.02 Å². The molecule has 146 valence electrons. The third-order valence-electron chi connectivity index (χ3n) is 5.13. The second-order valence-corrected chi connectivity index (χ2v) is 8.84. The van der Waals surface area contributed by atoms with Gasteiger partial charge in [-0.1, -0.05) is 32.4 Å². The van der Waals surface area contributed by atoms with Crippen molar-refractivity contribution < 1.29 is 18.8 Å². The van der Waals surface area contributed by atoms with E-state index in [9.17, 15) is 18.8 Å². The number of amides is 4. The third-order valence-corrected chi connectivity index (χ3v) is 5.42. The van der Waals surface area contributed by atoms with Crippen molar-refractivity contribution in [2.24, 2.45) is 11.3 Å². The van der Waals surface area contributed by atoms with Crippen LogP contribution in [0.5, 0.6) is 0 Å². The first-order valence-electron chi connectivity index (χ1n) is 8.90. The van der Waals surface area contributed by atoms with Crippen LogP contribution in [0.4, 0.5) is 14.9 Å². The van der Waals surface area contributed by atoms with Gasteiger partial charge in [-0.05, 0) is 48.8 Å².